The first-order valence-corrected chi connectivity index (χ1v) is 9.95. The third kappa shape index (κ3) is 4.73. The zero-order valence-corrected chi connectivity index (χ0v) is 17.9. The van der Waals surface area contributed by atoms with Gasteiger partial charge in [-0.3, -0.25) is 0 Å². The molecule has 4 rings (SSSR count). The van der Waals surface area contributed by atoms with E-state index in [0.717, 1.165) is 23.0 Å². The molecule has 2 heterocycles. The standard InChI is InChI=1S/2C12H16O2/c1-12(2,3)9-4-5-10-11(8-9)14-7-6-13-10;1-12(2,3)9-5-4-6-10-11(9)14-8-7-13-10/h4-5,8H,6-7H2,1-3H3;4-6H,7-8H2,1-3H3. The SMILES string of the molecule is CC(C)(C)c1ccc2c(c1)OCCO2.CC(C)(C)c1cccc2c1OCCO2. The Bertz CT molecular complexity index is 810. The third-order valence-corrected chi connectivity index (χ3v) is 4.78. The van der Waals surface area contributed by atoms with Crippen molar-refractivity contribution in [2.24, 2.45) is 0 Å². The quantitative estimate of drug-likeness (QED) is 0.600. The van der Waals surface area contributed by atoms with Crippen LogP contribution in [0.2, 0.25) is 0 Å². The Morgan fingerprint density at radius 1 is 0.607 bits per heavy atom. The average Bonchev–Trinajstić information content (AvgIpc) is 2.66. The molecule has 0 aliphatic carbocycles. The van der Waals surface area contributed by atoms with Gasteiger partial charge in [0.05, 0.1) is 0 Å². The van der Waals surface area contributed by atoms with Crippen LogP contribution in [0, 0.1) is 0 Å². The molecule has 0 amide bonds. The van der Waals surface area contributed by atoms with E-state index in [1.807, 2.05) is 18.2 Å². The van der Waals surface area contributed by atoms with E-state index >= 15 is 0 Å². The Hall–Kier alpha value is -2.36. The lowest BCUT2D eigenvalue weighted by Gasteiger charge is -2.27. The molecule has 0 saturated heterocycles. The van der Waals surface area contributed by atoms with Crippen molar-refractivity contribution in [1.82, 2.24) is 0 Å². The maximum atomic E-state index is 5.66. The van der Waals surface area contributed by atoms with E-state index in [1.165, 1.54) is 11.1 Å². The molecule has 0 saturated carbocycles. The largest absolute Gasteiger partial charge is 0.486 e. The highest BCUT2D eigenvalue weighted by molar-refractivity contribution is 5.50. The van der Waals surface area contributed by atoms with Gasteiger partial charge >= 0.3 is 0 Å². The number of hydrogen-bond donors (Lipinski definition) is 0. The highest BCUT2D eigenvalue weighted by atomic mass is 16.6. The van der Waals surface area contributed by atoms with E-state index in [2.05, 4.69) is 59.7 Å². The molecule has 0 aromatic heterocycles. The number of benzene rings is 2. The Labute approximate surface area is 168 Å². The Morgan fingerprint density at radius 3 is 1.86 bits per heavy atom. The molecule has 0 spiro atoms. The molecule has 0 bridgehead atoms. The minimum absolute atomic E-state index is 0.103. The Kier molecular flexibility index (Phi) is 5.78. The second-order valence-corrected chi connectivity index (χ2v) is 9.19. The molecule has 0 unspecified atom stereocenters. The van der Waals surface area contributed by atoms with Gasteiger partial charge < -0.3 is 18.9 Å². The van der Waals surface area contributed by atoms with Crippen molar-refractivity contribution in [3.8, 4) is 23.0 Å². The van der Waals surface area contributed by atoms with Gasteiger partial charge in [0.2, 0.25) is 0 Å². The monoisotopic (exact) mass is 384 g/mol. The maximum Gasteiger partial charge on any atom is 0.165 e. The van der Waals surface area contributed by atoms with E-state index in [1.54, 1.807) is 0 Å². The van der Waals surface area contributed by atoms with Crippen molar-refractivity contribution in [2.75, 3.05) is 26.4 Å². The summed E-state index contributed by atoms with van der Waals surface area (Å²) in [6.45, 7) is 15.7. The van der Waals surface area contributed by atoms with Gasteiger partial charge in [0, 0.05) is 5.56 Å². The summed E-state index contributed by atoms with van der Waals surface area (Å²) in [4.78, 5) is 0. The second-order valence-electron chi connectivity index (χ2n) is 9.19. The van der Waals surface area contributed by atoms with Gasteiger partial charge in [0.15, 0.2) is 23.0 Å². The molecule has 2 aromatic rings. The summed E-state index contributed by atoms with van der Waals surface area (Å²) in [5.74, 6) is 3.54. The zero-order chi connectivity index (χ0) is 20.4. The van der Waals surface area contributed by atoms with Gasteiger partial charge in [-0.15, -0.1) is 0 Å². The van der Waals surface area contributed by atoms with Crippen LogP contribution >= 0.6 is 0 Å². The van der Waals surface area contributed by atoms with Crippen LogP contribution in [0.4, 0.5) is 0 Å². The fourth-order valence-corrected chi connectivity index (χ4v) is 3.17. The first-order chi connectivity index (χ1) is 13.2. The van der Waals surface area contributed by atoms with Gasteiger partial charge in [-0.1, -0.05) is 59.7 Å². The van der Waals surface area contributed by atoms with Crippen molar-refractivity contribution >= 4 is 0 Å². The molecule has 4 heteroatoms. The van der Waals surface area contributed by atoms with E-state index < -0.39 is 0 Å². The van der Waals surface area contributed by atoms with E-state index in [0.29, 0.717) is 26.4 Å². The van der Waals surface area contributed by atoms with Crippen molar-refractivity contribution in [3.63, 3.8) is 0 Å². The lowest BCUT2D eigenvalue weighted by molar-refractivity contribution is 0.168. The number of hydrogen-bond acceptors (Lipinski definition) is 4. The molecule has 0 radical (unpaired) electrons. The Balaban J connectivity index is 0.000000161. The summed E-state index contributed by atoms with van der Waals surface area (Å²) in [6.07, 6.45) is 0. The van der Waals surface area contributed by atoms with Crippen LogP contribution in [0.1, 0.15) is 52.7 Å². The summed E-state index contributed by atoms with van der Waals surface area (Å²) in [5.41, 5.74) is 2.76. The molecular weight excluding hydrogens is 352 g/mol. The van der Waals surface area contributed by atoms with Crippen LogP contribution in [0.5, 0.6) is 23.0 Å². The summed E-state index contributed by atoms with van der Waals surface area (Å²) in [7, 11) is 0. The second kappa shape index (κ2) is 7.94. The lowest BCUT2D eigenvalue weighted by atomic mass is 9.86. The third-order valence-electron chi connectivity index (χ3n) is 4.78. The minimum atomic E-state index is 0.103. The summed E-state index contributed by atoms with van der Waals surface area (Å²) >= 11 is 0. The zero-order valence-electron chi connectivity index (χ0n) is 17.9. The molecule has 152 valence electrons. The molecule has 2 aliphatic heterocycles. The van der Waals surface area contributed by atoms with Crippen molar-refractivity contribution < 1.29 is 18.9 Å². The number of fused-ring (bicyclic) bond motifs is 2. The molecular formula is C24H32O4. The fraction of sp³-hybridized carbons (Fsp3) is 0.500. The van der Waals surface area contributed by atoms with Crippen LogP contribution in [0.15, 0.2) is 36.4 Å². The number of para-hydroxylation sites is 1. The van der Waals surface area contributed by atoms with Crippen molar-refractivity contribution in [1.29, 1.82) is 0 Å². The summed E-state index contributed by atoms with van der Waals surface area (Å²) in [5, 5.41) is 0. The van der Waals surface area contributed by atoms with Crippen molar-refractivity contribution in [2.45, 2.75) is 52.4 Å². The van der Waals surface area contributed by atoms with Crippen LogP contribution in [0.25, 0.3) is 0 Å². The highest BCUT2D eigenvalue weighted by Crippen LogP contribution is 2.39. The van der Waals surface area contributed by atoms with Crippen LogP contribution < -0.4 is 18.9 Å². The van der Waals surface area contributed by atoms with Crippen LogP contribution in [-0.2, 0) is 10.8 Å². The molecule has 4 nitrogen and oxygen atoms in total. The van der Waals surface area contributed by atoms with Gasteiger partial charge in [-0.05, 0) is 34.6 Å². The summed E-state index contributed by atoms with van der Waals surface area (Å²) < 4.78 is 22.2. The van der Waals surface area contributed by atoms with E-state index in [-0.39, 0.29) is 10.8 Å². The normalized spacial score (nSPS) is 15.4. The van der Waals surface area contributed by atoms with E-state index in [4.69, 9.17) is 18.9 Å². The van der Waals surface area contributed by atoms with Gasteiger partial charge in [0.25, 0.3) is 0 Å². The molecule has 2 aromatic carbocycles. The van der Waals surface area contributed by atoms with Gasteiger partial charge in [-0.25, -0.2) is 0 Å². The summed E-state index contributed by atoms with van der Waals surface area (Å²) in [6, 6.07) is 12.3. The topological polar surface area (TPSA) is 36.9 Å². The maximum absolute atomic E-state index is 5.66. The molecule has 0 N–H and O–H groups in total. The first kappa shape index (κ1) is 20.4. The lowest BCUT2D eigenvalue weighted by Crippen LogP contribution is -2.20. The number of rotatable bonds is 0. The molecule has 28 heavy (non-hydrogen) atoms. The number of ether oxygens (including phenoxy) is 4. The molecule has 0 atom stereocenters. The predicted octanol–water partition coefficient (Wildman–Crippen LogP) is 5.51. The van der Waals surface area contributed by atoms with Gasteiger partial charge in [-0.2, -0.15) is 0 Å². The van der Waals surface area contributed by atoms with Crippen LogP contribution in [0.3, 0.4) is 0 Å². The van der Waals surface area contributed by atoms with Gasteiger partial charge in [0.1, 0.15) is 26.4 Å². The predicted molar refractivity (Wildman–Crippen MR) is 112 cm³/mol. The van der Waals surface area contributed by atoms with Crippen LogP contribution in [-0.4, -0.2) is 26.4 Å². The minimum Gasteiger partial charge on any atom is -0.486 e. The van der Waals surface area contributed by atoms with Crippen molar-refractivity contribution in [3.05, 3.63) is 47.5 Å². The average molecular weight is 385 g/mol. The molecule has 2 aliphatic rings. The molecule has 0 fully saturated rings. The smallest absolute Gasteiger partial charge is 0.165 e. The van der Waals surface area contributed by atoms with E-state index in [9.17, 15) is 0 Å². The fourth-order valence-electron chi connectivity index (χ4n) is 3.17. The first-order valence-electron chi connectivity index (χ1n) is 9.95. The highest BCUT2D eigenvalue weighted by Gasteiger charge is 2.23. The Morgan fingerprint density at radius 2 is 1.21 bits per heavy atom.